The summed E-state index contributed by atoms with van der Waals surface area (Å²) in [6, 6.07) is 7.34. The van der Waals surface area contributed by atoms with Gasteiger partial charge in [-0.25, -0.2) is 0 Å². The van der Waals surface area contributed by atoms with Gasteiger partial charge in [-0.15, -0.1) is 0 Å². The molecule has 2 aromatic rings. The average molecular weight is 247 g/mol. The van der Waals surface area contributed by atoms with Gasteiger partial charge in [0.05, 0.1) is 13.2 Å². The highest BCUT2D eigenvalue weighted by atomic mass is 16.5. The number of aliphatic hydroxyl groups is 1. The lowest BCUT2D eigenvalue weighted by Gasteiger charge is -2.07. The molecule has 1 aromatic heterocycles. The fourth-order valence-corrected chi connectivity index (χ4v) is 1.85. The molecule has 0 spiro atoms. The van der Waals surface area contributed by atoms with Crippen LogP contribution in [0.1, 0.15) is 12.2 Å². The standard InChI is InChI=1S/C13H13NO4/c15-8-10-7-11(14-18-10)9-2-3-12-13(6-9)17-5-1-4-16-12/h2-3,6-7,15H,1,4-5,8H2. The fourth-order valence-electron chi connectivity index (χ4n) is 1.85. The predicted octanol–water partition coefficient (Wildman–Crippen LogP) is 2.00. The zero-order valence-electron chi connectivity index (χ0n) is 9.76. The Labute approximate surface area is 104 Å². The molecule has 0 bridgehead atoms. The van der Waals surface area contributed by atoms with Crippen LogP contribution in [0.3, 0.4) is 0 Å². The van der Waals surface area contributed by atoms with Gasteiger partial charge in [-0.3, -0.25) is 0 Å². The molecule has 2 heterocycles. The van der Waals surface area contributed by atoms with E-state index in [-0.39, 0.29) is 6.61 Å². The minimum Gasteiger partial charge on any atom is -0.490 e. The highest BCUT2D eigenvalue weighted by Crippen LogP contribution is 2.33. The van der Waals surface area contributed by atoms with Gasteiger partial charge in [0.2, 0.25) is 0 Å². The van der Waals surface area contributed by atoms with Crippen molar-refractivity contribution < 1.29 is 19.1 Å². The smallest absolute Gasteiger partial charge is 0.162 e. The quantitative estimate of drug-likeness (QED) is 0.879. The second kappa shape index (κ2) is 4.70. The number of ether oxygens (including phenoxy) is 2. The number of hydrogen-bond acceptors (Lipinski definition) is 5. The van der Waals surface area contributed by atoms with Gasteiger partial charge >= 0.3 is 0 Å². The number of aromatic nitrogens is 1. The molecule has 0 amide bonds. The van der Waals surface area contributed by atoms with Crippen LogP contribution in [0.15, 0.2) is 28.8 Å². The van der Waals surface area contributed by atoms with Gasteiger partial charge in [-0.1, -0.05) is 5.16 Å². The molecule has 1 N–H and O–H groups in total. The van der Waals surface area contributed by atoms with Crippen molar-refractivity contribution in [3.8, 4) is 22.8 Å². The summed E-state index contributed by atoms with van der Waals surface area (Å²) < 4.78 is 16.1. The summed E-state index contributed by atoms with van der Waals surface area (Å²) in [5, 5.41) is 12.8. The van der Waals surface area contributed by atoms with Crippen molar-refractivity contribution in [2.24, 2.45) is 0 Å². The normalized spacial score (nSPS) is 14.3. The predicted molar refractivity (Wildman–Crippen MR) is 63.5 cm³/mol. The molecular formula is C13H13NO4. The second-order valence-corrected chi connectivity index (χ2v) is 4.05. The number of rotatable bonds is 2. The summed E-state index contributed by atoms with van der Waals surface area (Å²) in [5.41, 5.74) is 1.55. The molecule has 0 unspecified atom stereocenters. The lowest BCUT2D eigenvalue weighted by Crippen LogP contribution is -1.97. The molecular weight excluding hydrogens is 234 g/mol. The summed E-state index contributed by atoms with van der Waals surface area (Å²) in [6.45, 7) is 1.17. The van der Waals surface area contributed by atoms with Crippen LogP contribution in [-0.4, -0.2) is 23.5 Å². The van der Waals surface area contributed by atoms with Crippen molar-refractivity contribution in [3.05, 3.63) is 30.0 Å². The van der Waals surface area contributed by atoms with Crippen LogP contribution in [0.25, 0.3) is 11.3 Å². The van der Waals surface area contributed by atoms with E-state index in [4.69, 9.17) is 19.1 Å². The van der Waals surface area contributed by atoms with Crippen LogP contribution in [0.5, 0.6) is 11.5 Å². The maximum absolute atomic E-state index is 8.95. The third-order valence-electron chi connectivity index (χ3n) is 2.76. The van der Waals surface area contributed by atoms with Crippen molar-refractivity contribution in [3.63, 3.8) is 0 Å². The lowest BCUT2D eigenvalue weighted by atomic mass is 10.1. The van der Waals surface area contributed by atoms with Crippen molar-refractivity contribution >= 4 is 0 Å². The molecule has 0 radical (unpaired) electrons. The molecule has 0 atom stereocenters. The molecule has 0 fully saturated rings. The van der Waals surface area contributed by atoms with E-state index in [1.807, 2.05) is 18.2 Å². The summed E-state index contributed by atoms with van der Waals surface area (Å²) in [6.07, 6.45) is 0.878. The molecule has 5 heteroatoms. The Morgan fingerprint density at radius 3 is 2.72 bits per heavy atom. The zero-order valence-corrected chi connectivity index (χ0v) is 9.76. The molecule has 0 aliphatic carbocycles. The van der Waals surface area contributed by atoms with Crippen LogP contribution < -0.4 is 9.47 Å². The number of fused-ring (bicyclic) bond motifs is 1. The molecule has 0 saturated heterocycles. The summed E-state index contributed by atoms with van der Waals surface area (Å²) >= 11 is 0. The Morgan fingerprint density at radius 1 is 1.11 bits per heavy atom. The first kappa shape index (κ1) is 11.1. The number of benzene rings is 1. The summed E-state index contributed by atoms with van der Waals surface area (Å²) in [4.78, 5) is 0. The molecule has 18 heavy (non-hydrogen) atoms. The van der Waals surface area contributed by atoms with E-state index in [0.717, 1.165) is 23.5 Å². The van der Waals surface area contributed by atoms with Gasteiger partial charge in [0.1, 0.15) is 12.3 Å². The minimum absolute atomic E-state index is 0.155. The molecule has 1 aromatic carbocycles. The SMILES string of the molecule is OCc1cc(-c2ccc3c(c2)OCCCO3)no1. The maximum Gasteiger partial charge on any atom is 0.162 e. The second-order valence-electron chi connectivity index (χ2n) is 4.05. The topological polar surface area (TPSA) is 64.7 Å². The van der Waals surface area contributed by atoms with Crippen molar-refractivity contribution in [2.75, 3.05) is 13.2 Å². The van der Waals surface area contributed by atoms with E-state index >= 15 is 0 Å². The fraction of sp³-hybridized carbons (Fsp3) is 0.308. The third kappa shape index (κ3) is 2.04. The highest BCUT2D eigenvalue weighted by molar-refractivity contribution is 5.63. The first-order chi connectivity index (χ1) is 8.86. The minimum atomic E-state index is -0.155. The third-order valence-corrected chi connectivity index (χ3v) is 2.76. The molecule has 1 aliphatic heterocycles. The van der Waals surface area contributed by atoms with Gasteiger partial charge < -0.3 is 19.1 Å². The summed E-state index contributed by atoms with van der Waals surface area (Å²) in [7, 11) is 0. The zero-order chi connectivity index (χ0) is 12.4. The lowest BCUT2D eigenvalue weighted by molar-refractivity contribution is 0.229. The molecule has 94 valence electrons. The number of hydrogen-bond donors (Lipinski definition) is 1. The van der Waals surface area contributed by atoms with E-state index in [1.54, 1.807) is 6.07 Å². The van der Waals surface area contributed by atoms with E-state index < -0.39 is 0 Å². The van der Waals surface area contributed by atoms with Crippen molar-refractivity contribution in [1.82, 2.24) is 5.16 Å². The first-order valence-electron chi connectivity index (χ1n) is 5.83. The monoisotopic (exact) mass is 247 g/mol. The van der Waals surface area contributed by atoms with Gasteiger partial charge in [-0.05, 0) is 18.2 Å². The molecule has 5 nitrogen and oxygen atoms in total. The van der Waals surface area contributed by atoms with Crippen LogP contribution in [-0.2, 0) is 6.61 Å². The van der Waals surface area contributed by atoms with Crippen LogP contribution in [0, 0.1) is 0 Å². The average Bonchev–Trinajstić information content (AvgIpc) is 2.76. The maximum atomic E-state index is 8.95. The summed E-state index contributed by atoms with van der Waals surface area (Å²) in [5.74, 6) is 1.91. The van der Waals surface area contributed by atoms with E-state index in [0.29, 0.717) is 24.7 Å². The van der Waals surface area contributed by atoms with Gasteiger partial charge in [0.15, 0.2) is 17.3 Å². The Balaban J connectivity index is 1.95. The Morgan fingerprint density at radius 2 is 1.94 bits per heavy atom. The van der Waals surface area contributed by atoms with Crippen molar-refractivity contribution in [1.29, 1.82) is 0 Å². The number of aliphatic hydroxyl groups excluding tert-OH is 1. The Kier molecular flexibility index (Phi) is 2.90. The van der Waals surface area contributed by atoms with Crippen LogP contribution >= 0.6 is 0 Å². The van der Waals surface area contributed by atoms with Gasteiger partial charge in [0, 0.05) is 18.1 Å². The first-order valence-corrected chi connectivity index (χ1v) is 5.83. The molecule has 1 aliphatic rings. The Hall–Kier alpha value is -2.01. The highest BCUT2D eigenvalue weighted by Gasteiger charge is 2.13. The Bertz CT molecular complexity index is 550. The molecule has 0 saturated carbocycles. The van der Waals surface area contributed by atoms with Crippen LogP contribution in [0.4, 0.5) is 0 Å². The van der Waals surface area contributed by atoms with Gasteiger partial charge in [-0.2, -0.15) is 0 Å². The van der Waals surface area contributed by atoms with E-state index in [9.17, 15) is 0 Å². The van der Waals surface area contributed by atoms with E-state index in [1.165, 1.54) is 0 Å². The largest absolute Gasteiger partial charge is 0.490 e. The molecule has 3 rings (SSSR count). The van der Waals surface area contributed by atoms with Crippen molar-refractivity contribution in [2.45, 2.75) is 13.0 Å². The van der Waals surface area contributed by atoms with Gasteiger partial charge in [0.25, 0.3) is 0 Å². The van der Waals surface area contributed by atoms with Crippen LogP contribution in [0.2, 0.25) is 0 Å². The number of nitrogens with zero attached hydrogens (tertiary/aromatic N) is 1. The van der Waals surface area contributed by atoms with E-state index in [2.05, 4.69) is 5.16 Å².